The van der Waals surface area contributed by atoms with E-state index in [1.807, 2.05) is 0 Å². The van der Waals surface area contributed by atoms with Crippen molar-refractivity contribution in [3.05, 3.63) is 29.8 Å². The Hall–Kier alpha value is -1.15. The molecule has 0 saturated carbocycles. The fourth-order valence-electron chi connectivity index (χ4n) is 2.86. The van der Waals surface area contributed by atoms with Crippen LogP contribution in [0.25, 0.3) is 0 Å². The summed E-state index contributed by atoms with van der Waals surface area (Å²) in [5, 5.41) is 0. The van der Waals surface area contributed by atoms with Gasteiger partial charge in [-0.05, 0) is 70.1 Å². The minimum absolute atomic E-state index is 0. The van der Waals surface area contributed by atoms with Crippen LogP contribution in [0.2, 0.25) is 0 Å². The number of nitrogens with zero attached hydrogens (tertiary/aromatic N) is 1. The average Bonchev–Trinajstić information content (AvgIpc) is 2.57. The summed E-state index contributed by atoms with van der Waals surface area (Å²) < 4.78 is 32.6. The number of hydrogen-bond acceptors (Lipinski definition) is 5. The van der Waals surface area contributed by atoms with Crippen LogP contribution >= 0.6 is 12.4 Å². The van der Waals surface area contributed by atoms with Gasteiger partial charge < -0.3 is 9.64 Å². The number of nitrogens with one attached hydrogen (secondary N) is 1. The zero-order valence-electron chi connectivity index (χ0n) is 14.7. The fraction of sp³-hybridized carbons (Fsp3) is 0.588. The van der Waals surface area contributed by atoms with Gasteiger partial charge in [0.05, 0.1) is 17.1 Å². The first-order valence-electron chi connectivity index (χ1n) is 8.48. The van der Waals surface area contributed by atoms with Crippen molar-refractivity contribution in [3.63, 3.8) is 0 Å². The van der Waals surface area contributed by atoms with Gasteiger partial charge in [-0.2, -0.15) is 0 Å². The van der Waals surface area contributed by atoms with E-state index < -0.39 is 16.0 Å². The number of ether oxygens (including phenoxy) is 1. The quantitative estimate of drug-likeness (QED) is 0.723. The molecule has 1 aromatic rings. The number of benzene rings is 1. The van der Waals surface area contributed by atoms with Gasteiger partial charge in [0.1, 0.15) is 0 Å². The average molecular weight is 391 g/mol. The van der Waals surface area contributed by atoms with E-state index in [0.717, 1.165) is 38.9 Å². The molecule has 0 aromatic heterocycles. The first kappa shape index (κ1) is 21.9. The molecule has 1 heterocycles. The summed E-state index contributed by atoms with van der Waals surface area (Å²) in [5.74, 6) is -0.447. The third-order valence-corrected chi connectivity index (χ3v) is 5.66. The second-order valence-corrected chi connectivity index (χ2v) is 7.70. The lowest BCUT2D eigenvalue weighted by atomic mass is 10.1. The third-order valence-electron chi connectivity index (χ3n) is 4.12. The molecule has 0 spiro atoms. The van der Waals surface area contributed by atoms with Crippen LogP contribution in [0.3, 0.4) is 0 Å². The van der Waals surface area contributed by atoms with Crippen LogP contribution in [0.4, 0.5) is 0 Å². The van der Waals surface area contributed by atoms with Crippen molar-refractivity contribution in [3.8, 4) is 0 Å². The molecule has 1 aliphatic rings. The molecular weight excluding hydrogens is 364 g/mol. The number of likely N-dealkylation sites (tertiary alicyclic amines) is 1. The Morgan fingerprint density at radius 3 is 2.32 bits per heavy atom. The molecular formula is C17H27ClN2O4S. The van der Waals surface area contributed by atoms with Crippen LogP contribution in [-0.4, -0.2) is 51.6 Å². The summed E-state index contributed by atoms with van der Waals surface area (Å²) in [4.78, 5) is 14.1. The highest BCUT2D eigenvalue weighted by molar-refractivity contribution is 7.89. The van der Waals surface area contributed by atoms with E-state index in [0.29, 0.717) is 5.56 Å². The van der Waals surface area contributed by atoms with Crippen molar-refractivity contribution in [2.75, 3.05) is 26.2 Å². The molecule has 142 valence electrons. The van der Waals surface area contributed by atoms with Crippen molar-refractivity contribution in [2.45, 2.75) is 44.0 Å². The summed E-state index contributed by atoms with van der Waals surface area (Å²) in [5.41, 5.74) is 0.351. The van der Waals surface area contributed by atoms with E-state index in [4.69, 9.17) is 4.74 Å². The van der Waals surface area contributed by atoms with Crippen LogP contribution in [0.5, 0.6) is 0 Å². The van der Waals surface area contributed by atoms with E-state index in [-0.39, 0.29) is 30.0 Å². The van der Waals surface area contributed by atoms with Crippen molar-refractivity contribution in [1.82, 2.24) is 9.62 Å². The molecule has 0 aliphatic carbocycles. The minimum Gasteiger partial charge on any atom is -0.462 e. The fourth-order valence-corrected chi connectivity index (χ4v) is 4.17. The molecule has 1 fully saturated rings. The van der Waals surface area contributed by atoms with Crippen molar-refractivity contribution >= 4 is 28.4 Å². The Balaban J connectivity index is 0.00000312. The number of carbonyl (C=O) groups excluding carboxylic acids is 1. The maximum Gasteiger partial charge on any atom is 0.338 e. The molecule has 0 atom stereocenters. The Labute approximate surface area is 156 Å². The summed E-state index contributed by atoms with van der Waals surface area (Å²) in [6.45, 7) is 7.07. The van der Waals surface area contributed by atoms with E-state index in [9.17, 15) is 13.2 Å². The number of hydrogen-bond donors (Lipinski definition) is 1. The normalized spacial score (nSPS) is 16.2. The zero-order chi connectivity index (χ0) is 17.6. The van der Waals surface area contributed by atoms with Gasteiger partial charge in [-0.25, -0.2) is 17.9 Å². The van der Waals surface area contributed by atoms with Gasteiger partial charge in [0, 0.05) is 6.04 Å². The number of esters is 1. The molecule has 0 radical (unpaired) electrons. The standard InChI is InChI=1S/C17H26N2O4S.ClH/c1-3-11-19-12-9-15(10-13-19)18-24(21,22)16-7-5-14(6-8-16)17(20)23-4-2;/h5-8,15,18H,3-4,9-13H2,1-2H3;1H. The monoisotopic (exact) mass is 390 g/mol. The molecule has 1 saturated heterocycles. The van der Waals surface area contributed by atoms with Gasteiger partial charge in [-0.3, -0.25) is 0 Å². The second kappa shape index (κ2) is 10.1. The highest BCUT2D eigenvalue weighted by atomic mass is 35.5. The lowest BCUT2D eigenvalue weighted by Gasteiger charge is -2.31. The molecule has 1 aliphatic heterocycles. The van der Waals surface area contributed by atoms with E-state index >= 15 is 0 Å². The maximum absolute atomic E-state index is 12.5. The van der Waals surface area contributed by atoms with Gasteiger partial charge in [-0.15, -0.1) is 12.4 Å². The predicted molar refractivity (Wildman–Crippen MR) is 99.7 cm³/mol. The van der Waals surface area contributed by atoms with E-state index in [1.54, 1.807) is 6.92 Å². The van der Waals surface area contributed by atoms with Gasteiger partial charge in [0.2, 0.25) is 10.0 Å². The SMILES string of the molecule is CCCN1CCC(NS(=O)(=O)c2ccc(C(=O)OCC)cc2)CC1.Cl. The Morgan fingerprint density at radius 1 is 1.20 bits per heavy atom. The number of halogens is 1. The van der Waals surface area contributed by atoms with Gasteiger partial charge >= 0.3 is 5.97 Å². The Bertz CT molecular complexity index is 641. The van der Waals surface area contributed by atoms with Crippen molar-refractivity contribution < 1.29 is 17.9 Å². The van der Waals surface area contributed by atoms with Crippen LogP contribution in [0, 0.1) is 0 Å². The van der Waals surface area contributed by atoms with Crippen LogP contribution in [0.1, 0.15) is 43.5 Å². The highest BCUT2D eigenvalue weighted by Crippen LogP contribution is 2.16. The molecule has 0 bridgehead atoms. The second-order valence-electron chi connectivity index (χ2n) is 5.98. The zero-order valence-corrected chi connectivity index (χ0v) is 16.4. The number of piperidine rings is 1. The molecule has 2 rings (SSSR count). The molecule has 6 nitrogen and oxygen atoms in total. The Morgan fingerprint density at radius 2 is 1.80 bits per heavy atom. The summed E-state index contributed by atoms with van der Waals surface area (Å²) in [6.07, 6.45) is 2.75. The highest BCUT2D eigenvalue weighted by Gasteiger charge is 2.24. The maximum atomic E-state index is 12.5. The molecule has 0 amide bonds. The predicted octanol–water partition coefficient (Wildman–Crippen LogP) is 2.44. The molecule has 25 heavy (non-hydrogen) atoms. The van der Waals surface area contributed by atoms with Crippen molar-refractivity contribution in [2.24, 2.45) is 0 Å². The smallest absolute Gasteiger partial charge is 0.338 e. The van der Waals surface area contributed by atoms with E-state index in [1.165, 1.54) is 24.3 Å². The minimum atomic E-state index is -3.57. The molecule has 8 heteroatoms. The molecule has 1 aromatic carbocycles. The van der Waals surface area contributed by atoms with Gasteiger partial charge in [0.15, 0.2) is 0 Å². The Kier molecular flexibility index (Phi) is 8.85. The van der Waals surface area contributed by atoms with Crippen LogP contribution < -0.4 is 4.72 Å². The third kappa shape index (κ3) is 6.26. The van der Waals surface area contributed by atoms with Crippen molar-refractivity contribution in [1.29, 1.82) is 0 Å². The first-order valence-corrected chi connectivity index (χ1v) is 9.96. The number of sulfonamides is 1. The van der Waals surface area contributed by atoms with E-state index in [2.05, 4.69) is 16.5 Å². The lowest BCUT2D eigenvalue weighted by molar-refractivity contribution is 0.0526. The molecule has 0 unspecified atom stereocenters. The van der Waals surface area contributed by atoms with Crippen LogP contribution in [-0.2, 0) is 14.8 Å². The molecule has 1 N–H and O–H groups in total. The summed E-state index contributed by atoms with van der Waals surface area (Å²) >= 11 is 0. The van der Waals surface area contributed by atoms with Gasteiger partial charge in [0.25, 0.3) is 0 Å². The summed E-state index contributed by atoms with van der Waals surface area (Å²) in [7, 11) is -3.57. The van der Waals surface area contributed by atoms with Gasteiger partial charge in [-0.1, -0.05) is 6.92 Å². The summed E-state index contributed by atoms with van der Waals surface area (Å²) in [6, 6.07) is 5.82. The number of carbonyl (C=O) groups is 1. The lowest BCUT2D eigenvalue weighted by Crippen LogP contribution is -2.44. The largest absolute Gasteiger partial charge is 0.462 e. The first-order chi connectivity index (χ1) is 11.5. The topological polar surface area (TPSA) is 75.7 Å². The van der Waals surface area contributed by atoms with Crippen LogP contribution in [0.15, 0.2) is 29.2 Å². The number of rotatable bonds is 7.